The lowest BCUT2D eigenvalue weighted by atomic mass is 10.0. The van der Waals surface area contributed by atoms with Crippen molar-refractivity contribution in [3.8, 4) is 5.75 Å². The quantitative estimate of drug-likeness (QED) is 0.792. The van der Waals surface area contributed by atoms with E-state index in [0.29, 0.717) is 29.0 Å². The molecule has 0 aromatic heterocycles. The maximum absolute atomic E-state index is 11.3. The summed E-state index contributed by atoms with van der Waals surface area (Å²) in [5.41, 5.74) is 0.618. The SMILES string of the molecule is CC(=O)c1ccc(OCC2CCCCN2C)c(Cl)c1. The Labute approximate surface area is 119 Å². The molecular weight excluding hydrogens is 262 g/mol. The normalized spacial score (nSPS) is 20.3. The molecule has 3 nitrogen and oxygen atoms in total. The molecule has 1 atom stereocenters. The summed E-state index contributed by atoms with van der Waals surface area (Å²) >= 11 is 6.14. The Morgan fingerprint density at radius 1 is 1.47 bits per heavy atom. The van der Waals surface area contributed by atoms with E-state index in [0.717, 1.165) is 6.54 Å². The molecule has 2 rings (SSSR count). The maximum atomic E-state index is 11.3. The maximum Gasteiger partial charge on any atom is 0.159 e. The number of benzene rings is 1. The van der Waals surface area contributed by atoms with E-state index in [1.54, 1.807) is 18.2 Å². The van der Waals surface area contributed by atoms with Gasteiger partial charge < -0.3 is 9.64 Å². The molecule has 0 aliphatic carbocycles. The van der Waals surface area contributed by atoms with Gasteiger partial charge >= 0.3 is 0 Å². The zero-order valence-electron chi connectivity index (χ0n) is 11.5. The second-order valence-corrected chi connectivity index (χ2v) is 5.55. The first-order valence-electron chi connectivity index (χ1n) is 6.71. The van der Waals surface area contributed by atoms with E-state index >= 15 is 0 Å². The molecular formula is C15H20ClNO2. The lowest BCUT2D eigenvalue weighted by molar-refractivity contribution is 0.101. The van der Waals surface area contributed by atoms with E-state index in [1.807, 2.05) is 0 Å². The number of likely N-dealkylation sites (N-methyl/N-ethyl adjacent to an activating group) is 1. The number of carbonyl (C=O) groups excluding carboxylic acids is 1. The summed E-state index contributed by atoms with van der Waals surface area (Å²) in [5.74, 6) is 0.672. The Kier molecular flexibility index (Phi) is 4.83. The minimum Gasteiger partial charge on any atom is -0.490 e. The van der Waals surface area contributed by atoms with Crippen molar-refractivity contribution >= 4 is 17.4 Å². The lowest BCUT2D eigenvalue weighted by Gasteiger charge is -2.32. The first-order chi connectivity index (χ1) is 9.08. The molecule has 1 saturated heterocycles. The van der Waals surface area contributed by atoms with Crippen molar-refractivity contribution in [1.82, 2.24) is 4.90 Å². The standard InChI is InChI=1S/C15H20ClNO2/c1-11(18)12-6-7-15(14(16)9-12)19-10-13-5-3-4-8-17(13)2/h6-7,9,13H,3-5,8,10H2,1-2H3. The fourth-order valence-electron chi connectivity index (χ4n) is 2.38. The Morgan fingerprint density at radius 3 is 2.89 bits per heavy atom. The van der Waals surface area contributed by atoms with E-state index in [4.69, 9.17) is 16.3 Å². The summed E-state index contributed by atoms with van der Waals surface area (Å²) in [6.45, 7) is 3.31. The van der Waals surface area contributed by atoms with Crippen molar-refractivity contribution in [2.24, 2.45) is 0 Å². The number of piperidine rings is 1. The second kappa shape index (κ2) is 6.40. The number of carbonyl (C=O) groups is 1. The smallest absolute Gasteiger partial charge is 0.159 e. The highest BCUT2D eigenvalue weighted by atomic mass is 35.5. The van der Waals surface area contributed by atoms with Gasteiger partial charge in [0.15, 0.2) is 5.78 Å². The number of halogens is 1. The first kappa shape index (κ1) is 14.4. The fourth-order valence-corrected chi connectivity index (χ4v) is 2.61. The molecule has 1 unspecified atom stereocenters. The Hall–Kier alpha value is -1.06. The number of Topliss-reactive ketones (excluding diaryl/α,β-unsaturated/α-hetero) is 1. The van der Waals surface area contributed by atoms with Gasteiger partial charge in [-0.05, 0) is 51.6 Å². The molecule has 1 fully saturated rings. The summed E-state index contributed by atoms with van der Waals surface area (Å²) in [7, 11) is 2.13. The van der Waals surface area contributed by atoms with Crippen LogP contribution in [0.15, 0.2) is 18.2 Å². The predicted molar refractivity (Wildman–Crippen MR) is 77.2 cm³/mol. The van der Waals surface area contributed by atoms with Gasteiger partial charge in [-0.1, -0.05) is 18.0 Å². The highest BCUT2D eigenvalue weighted by Gasteiger charge is 2.19. The highest BCUT2D eigenvalue weighted by molar-refractivity contribution is 6.32. The number of rotatable bonds is 4. The molecule has 0 spiro atoms. The van der Waals surface area contributed by atoms with E-state index in [1.165, 1.54) is 26.2 Å². The van der Waals surface area contributed by atoms with Gasteiger partial charge in [0.2, 0.25) is 0 Å². The molecule has 1 heterocycles. The Morgan fingerprint density at radius 2 is 2.26 bits per heavy atom. The molecule has 19 heavy (non-hydrogen) atoms. The van der Waals surface area contributed by atoms with Crippen LogP contribution >= 0.6 is 11.6 Å². The van der Waals surface area contributed by atoms with Crippen molar-refractivity contribution in [2.45, 2.75) is 32.2 Å². The number of ether oxygens (including phenoxy) is 1. The van der Waals surface area contributed by atoms with Crippen LogP contribution in [-0.2, 0) is 0 Å². The van der Waals surface area contributed by atoms with Gasteiger partial charge in [0.25, 0.3) is 0 Å². The molecule has 4 heteroatoms. The van der Waals surface area contributed by atoms with Crippen LogP contribution in [-0.4, -0.2) is 36.9 Å². The summed E-state index contributed by atoms with van der Waals surface area (Å²) < 4.78 is 5.80. The minimum atomic E-state index is 0.0143. The van der Waals surface area contributed by atoms with Gasteiger partial charge in [0.05, 0.1) is 5.02 Å². The van der Waals surface area contributed by atoms with Crippen LogP contribution in [0.2, 0.25) is 5.02 Å². The van der Waals surface area contributed by atoms with Gasteiger partial charge in [-0.25, -0.2) is 0 Å². The molecule has 1 aromatic carbocycles. The minimum absolute atomic E-state index is 0.0143. The number of hydrogen-bond donors (Lipinski definition) is 0. The van der Waals surface area contributed by atoms with Crippen LogP contribution in [0.1, 0.15) is 36.5 Å². The predicted octanol–water partition coefficient (Wildman–Crippen LogP) is 3.41. The number of ketones is 1. The molecule has 0 N–H and O–H groups in total. The van der Waals surface area contributed by atoms with E-state index in [-0.39, 0.29) is 5.78 Å². The van der Waals surface area contributed by atoms with Crippen LogP contribution in [0.4, 0.5) is 0 Å². The van der Waals surface area contributed by atoms with E-state index in [9.17, 15) is 4.79 Å². The summed E-state index contributed by atoms with van der Waals surface area (Å²) in [6.07, 6.45) is 3.69. The average molecular weight is 282 g/mol. The van der Waals surface area contributed by atoms with Crippen molar-refractivity contribution < 1.29 is 9.53 Å². The van der Waals surface area contributed by atoms with Crippen molar-refractivity contribution in [2.75, 3.05) is 20.2 Å². The third-order valence-corrected chi connectivity index (χ3v) is 3.99. The van der Waals surface area contributed by atoms with Crippen molar-refractivity contribution in [1.29, 1.82) is 0 Å². The lowest BCUT2D eigenvalue weighted by Crippen LogP contribution is -2.40. The molecule has 0 amide bonds. The molecule has 104 valence electrons. The zero-order valence-corrected chi connectivity index (χ0v) is 12.2. The number of nitrogens with zero attached hydrogens (tertiary/aromatic N) is 1. The summed E-state index contributed by atoms with van der Waals surface area (Å²) in [5, 5.41) is 0.506. The van der Waals surface area contributed by atoms with Crippen molar-refractivity contribution in [3.63, 3.8) is 0 Å². The average Bonchev–Trinajstić information content (AvgIpc) is 2.39. The van der Waals surface area contributed by atoms with E-state index < -0.39 is 0 Å². The van der Waals surface area contributed by atoms with Gasteiger partial charge in [0.1, 0.15) is 12.4 Å². The molecule has 0 saturated carbocycles. The van der Waals surface area contributed by atoms with Gasteiger partial charge in [0, 0.05) is 11.6 Å². The third-order valence-electron chi connectivity index (χ3n) is 3.69. The molecule has 1 aromatic rings. The Bertz CT molecular complexity index is 461. The summed E-state index contributed by atoms with van der Waals surface area (Å²) in [4.78, 5) is 13.6. The highest BCUT2D eigenvalue weighted by Crippen LogP contribution is 2.26. The monoisotopic (exact) mass is 281 g/mol. The molecule has 1 aliphatic heterocycles. The van der Waals surface area contributed by atoms with Crippen LogP contribution in [0.3, 0.4) is 0 Å². The molecule has 0 radical (unpaired) electrons. The van der Waals surface area contributed by atoms with E-state index in [2.05, 4.69) is 11.9 Å². The first-order valence-corrected chi connectivity index (χ1v) is 7.09. The van der Waals surface area contributed by atoms with Crippen LogP contribution in [0.5, 0.6) is 5.75 Å². The molecule has 1 aliphatic rings. The van der Waals surface area contributed by atoms with Crippen molar-refractivity contribution in [3.05, 3.63) is 28.8 Å². The fraction of sp³-hybridized carbons (Fsp3) is 0.533. The number of hydrogen-bond acceptors (Lipinski definition) is 3. The Balaban J connectivity index is 1.97. The van der Waals surface area contributed by atoms with Gasteiger partial charge in [-0.3, -0.25) is 4.79 Å². The van der Waals surface area contributed by atoms with Crippen LogP contribution < -0.4 is 4.74 Å². The third kappa shape index (κ3) is 3.71. The zero-order chi connectivity index (χ0) is 13.8. The molecule has 0 bridgehead atoms. The largest absolute Gasteiger partial charge is 0.490 e. The second-order valence-electron chi connectivity index (χ2n) is 5.14. The van der Waals surface area contributed by atoms with Crippen LogP contribution in [0, 0.1) is 0 Å². The summed E-state index contributed by atoms with van der Waals surface area (Å²) in [6, 6.07) is 5.66. The topological polar surface area (TPSA) is 29.5 Å². The van der Waals surface area contributed by atoms with Gasteiger partial charge in [-0.15, -0.1) is 0 Å². The number of likely N-dealkylation sites (tertiary alicyclic amines) is 1. The van der Waals surface area contributed by atoms with Crippen LogP contribution in [0.25, 0.3) is 0 Å². The van der Waals surface area contributed by atoms with Gasteiger partial charge in [-0.2, -0.15) is 0 Å².